The molecule has 0 atom stereocenters. The van der Waals surface area contributed by atoms with Gasteiger partial charge < -0.3 is 5.32 Å². The molecule has 1 N–H and O–H groups in total. The van der Waals surface area contributed by atoms with Crippen LogP contribution in [0.15, 0.2) is 23.8 Å². The lowest BCUT2D eigenvalue weighted by atomic mass is 10.1. The van der Waals surface area contributed by atoms with Crippen LogP contribution in [0.4, 0.5) is 0 Å². The van der Waals surface area contributed by atoms with Crippen LogP contribution >= 0.6 is 0 Å². The van der Waals surface area contributed by atoms with Gasteiger partial charge in [0.15, 0.2) is 0 Å². The van der Waals surface area contributed by atoms with E-state index in [0.29, 0.717) is 0 Å². The van der Waals surface area contributed by atoms with E-state index in [4.69, 9.17) is 0 Å². The fraction of sp³-hybridized carbons (Fsp3) is 0.636. The van der Waals surface area contributed by atoms with E-state index in [0.717, 1.165) is 13.1 Å². The van der Waals surface area contributed by atoms with Gasteiger partial charge in [0.1, 0.15) is 0 Å². The van der Waals surface area contributed by atoms with Crippen LogP contribution in [0.2, 0.25) is 0 Å². The number of nitrogens with one attached hydrogen (secondary N) is 1. The molecule has 0 radical (unpaired) electrons. The van der Waals surface area contributed by atoms with Gasteiger partial charge in [-0.05, 0) is 19.3 Å². The van der Waals surface area contributed by atoms with Gasteiger partial charge in [-0.2, -0.15) is 0 Å². The predicted octanol–water partition coefficient (Wildman–Crippen LogP) is 2.65. The smallest absolute Gasteiger partial charge is 0.0140 e. The molecule has 0 saturated carbocycles. The highest BCUT2D eigenvalue weighted by molar-refractivity contribution is 5.06. The normalized spacial score (nSPS) is 26.2. The average Bonchev–Trinajstić information content (AvgIpc) is 2.19. The molecule has 12 heavy (non-hydrogen) atoms. The number of rotatable bonds is 2. The van der Waals surface area contributed by atoms with Crippen LogP contribution in [0.3, 0.4) is 0 Å². The van der Waals surface area contributed by atoms with Crippen molar-refractivity contribution >= 4 is 0 Å². The van der Waals surface area contributed by atoms with Crippen LogP contribution in [0.1, 0.15) is 32.6 Å². The largest absolute Gasteiger partial charge is 0.310 e. The van der Waals surface area contributed by atoms with Crippen LogP contribution < -0.4 is 5.32 Å². The van der Waals surface area contributed by atoms with E-state index >= 15 is 0 Å². The van der Waals surface area contributed by atoms with Crippen molar-refractivity contribution in [1.82, 2.24) is 5.32 Å². The van der Waals surface area contributed by atoms with E-state index in [1.807, 2.05) is 0 Å². The molecule has 68 valence electrons. The molecule has 0 unspecified atom stereocenters. The Morgan fingerprint density at radius 1 is 1.33 bits per heavy atom. The Morgan fingerprint density at radius 3 is 3.08 bits per heavy atom. The zero-order valence-electron chi connectivity index (χ0n) is 7.97. The molecule has 1 heteroatoms. The summed E-state index contributed by atoms with van der Waals surface area (Å²) in [6, 6.07) is 0. The third kappa shape index (κ3) is 3.72. The summed E-state index contributed by atoms with van der Waals surface area (Å²) in [5.41, 5.74) is 1.62. The Labute approximate surface area is 75.6 Å². The van der Waals surface area contributed by atoms with Gasteiger partial charge in [-0.1, -0.05) is 37.1 Å². The number of allylic oxidation sites excluding steroid dienone is 2. The van der Waals surface area contributed by atoms with Crippen LogP contribution in [-0.2, 0) is 0 Å². The van der Waals surface area contributed by atoms with Crippen molar-refractivity contribution in [2.45, 2.75) is 32.6 Å². The SMILES string of the molecule is CCC/C1=C\CNC/C=C/CC1. The van der Waals surface area contributed by atoms with Crippen LogP contribution in [0.5, 0.6) is 0 Å². The molecule has 0 aromatic heterocycles. The van der Waals surface area contributed by atoms with Crippen LogP contribution in [0, 0.1) is 0 Å². The lowest BCUT2D eigenvalue weighted by Crippen LogP contribution is -2.12. The molecule has 1 heterocycles. The predicted molar refractivity (Wildman–Crippen MR) is 54.2 cm³/mol. The lowest BCUT2D eigenvalue weighted by molar-refractivity contribution is 0.806. The number of hydrogen-bond donors (Lipinski definition) is 1. The molecule has 0 spiro atoms. The molecule has 1 nitrogen and oxygen atoms in total. The molecule has 0 amide bonds. The zero-order chi connectivity index (χ0) is 8.65. The third-order valence-corrected chi connectivity index (χ3v) is 2.17. The van der Waals surface area contributed by atoms with Gasteiger partial charge in [0.25, 0.3) is 0 Å². The molecule has 0 saturated heterocycles. The van der Waals surface area contributed by atoms with Crippen molar-refractivity contribution in [2.24, 2.45) is 0 Å². The molecular weight excluding hydrogens is 146 g/mol. The van der Waals surface area contributed by atoms with E-state index in [1.165, 1.54) is 25.7 Å². The first kappa shape index (κ1) is 9.53. The van der Waals surface area contributed by atoms with Crippen molar-refractivity contribution in [3.8, 4) is 0 Å². The first-order valence-electron chi connectivity index (χ1n) is 4.97. The first-order chi connectivity index (χ1) is 5.93. The summed E-state index contributed by atoms with van der Waals surface area (Å²) in [6.07, 6.45) is 11.9. The fourth-order valence-electron chi connectivity index (χ4n) is 1.50. The van der Waals surface area contributed by atoms with Crippen molar-refractivity contribution in [2.75, 3.05) is 13.1 Å². The summed E-state index contributed by atoms with van der Waals surface area (Å²) in [5, 5.41) is 3.35. The van der Waals surface area contributed by atoms with Gasteiger partial charge in [-0.15, -0.1) is 0 Å². The molecule has 0 fully saturated rings. The third-order valence-electron chi connectivity index (χ3n) is 2.17. The summed E-state index contributed by atoms with van der Waals surface area (Å²) in [4.78, 5) is 0. The maximum atomic E-state index is 3.35. The minimum absolute atomic E-state index is 1.02. The summed E-state index contributed by atoms with van der Waals surface area (Å²) in [5.74, 6) is 0. The first-order valence-corrected chi connectivity index (χ1v) is 4.97. The molecule has 0 bridgehead atoms. The van der Waals surface area contributed by atoms with Gasteiger partial charge in [0, 0.05) is 13.1 Å². The molecule has 0 aromatic rings. The molecule has 0 aliphatic carbocycles. The minimum atomic E-state index is 1.02. The van der Waals surface area contributed by atoms with E-state index < -0.39 is 0 Å². The lowest BCUT2D eigenvalue weighted by Gasteiger charge is -2.03. The fourth-order valence-corrected chi connectivity index (χ4v) is 1.50. The molecule has 1 rings (SSSR count). The van der Waals surface area contributed by atoms with Crippen molar-refractivity contribution < 1.29 is 0 Å². The Balaban J connectivity index is 2.40. The highest BCUT2D eigenvalue weighted by atomic mass is 14.8. The minimum Gasteiger partial charge on any atom is -0.310 e. The van der Waals surface area contributed by atoms with E-state index in [-0.39, 0.29) is 0 Å². The van der Waals surface area contributed by atoms with Gasteiger partial charge in [0.2, 0.25) is 0 Å². The second kappa shape index (κ2) is 6.01. The average molecular weight is 165 g/mol. The molecule has 0 aromatic carbocycles. The summed E-state index contributed by atoms with van der Waals surface area (Å²) < 4.78 is 0. The summed E-state index contributed by atoms with van der Waals surface area (Å²) >= 11 is 0. The highest BCUT2D eigenvalue weighted by Crippen LogP contribution is 2.12. The van der Waals surface area contributed by atoms with Gasteiger partial charge in [-0.25, -0.2) is 0 Å². The van der Waals surface area contributed by atoms with Gasteiger partial charge in [-0.3, -0.25) is 0 Å². The number of hydrogen-bond acceptors (Lipinski definition) is 1. The molecule has 1 aliphatic rings. The monoisotopic (exact) mass is 165 g/mol. The second-order valence-corrected chi connectivity index (χ2v) is 3.28. The standard InChI is InChI=1S/C11H19N/c1-2-6-11-7-4-3-5-9-12-10-8-11/h3,5,8,12H,2,4,6-7,9-10H2,1H3/b5-3+,11-8+. The quantitative estimate of drug-likeness (QED) is 0.620. The maximum absolute atomic E-state index is 3.35. The maximum Gasteiger partial charge on any atom is 0.0140 e. The molecule has 1 aliphatic heterocycles. The van der Waals surface area contributed by atoms with Gasteiger partial charge >= 0.3 is 0 Å². The Morgan fingerprint density at radius 2 is 2.25 bits per heavy atom. The highest BCUT2D eigenvalue weighted by Gasteiger charge is 1.95. The Kier molecular flexibility index (Phi) is 4.77. The van der Waals surface area contributed by atoms with Crippen molar-refractivity contribution in [3.05, 3.63) is 23.8 Å². The second-order valence-electron chi connectivity index (χ2n) is 3.28. The van der Waals surface area contributed by atoms with E-state index in [2.05, 4.69) is 30.5 Å². The van der Waals surface area contributed by atoms with Crippen LogP contribution in [0.25, 0.3) is 0 Å². The topological polar surface area (TPSA) is 12.0 Å². The van der Waals surface area contributed by atoms with E-state index in [1.54, 1.807) is 5.57 Å². The Hall–Kier alpha value is -0.560. The summed E-state index contributed by atoms with van der Waals surface area (Å²) in [6.45, 7) is 4.31. The van der Waals surface area contributed by atoms with Crippen molar-refractivity contribution in [3.63, 3.8) is 0 Å². The Bertz CT molecular complexity index is 168. The van der Waals surface area contributed by atoms with Crippen LogP contribution in [-0.4, -0.2) is 13.1 Å². The van der Waals surface area contributed by atoms with Crippen molar-refractivity contribution in [1.29, 1.82) is 0 Å². The summed E-state index contributed by atoms with van der Waals surface area (Å²) in [7, 11) is 0. The van der Waals surface area contributed by atoms with Gasteiger partial charge in [0.05, 0.1) is 0 Å². The zero-order valence-corrected chi connectivity index (χ0v) is 7.97. The van der Waals surface area contributed by atoms with E-state index in [9.17, 15) is 0 Å². The molecular formula is C11H19N.